The average molecular weight is 492 g/mol. The Kier molecular flexibility index (Phi) is 6.55. The first-order chi connectivity index (χ1) is 15.7. The van der Waals surface area contributed by atoms with Gasteiger partial charge in [-0.05, 0) is 56.7 Å². The lowest BCUT2D eigenvalue weighted by atomic mass is 10.1. The summed E-state index contributed by atoms with van der Waals surface area (Å²) in [6.07, 6.45) is 3.34. The lowest BCUT2D eigenvalue weighted by Gasteiger charge is -2.22. The lowest BCUT2D eigenvalue weighted by molar-refractivity contribution is -0.150. The van der Waals surface area contributed by atoms with E-state index in [-0.39, 0.29) is 11.4 Å². The molecule has 9 nitrogen and oxygen atoms in total. The average Bonchev–Trinajstić information content (AvgIpc) is 3.48. The van der Waals surface area contributed by atoms with Gasteiger partial charge in [0.25, 0.3) is 11.8 Å². The monoisotopic (exact) mass is 491 g/mol. The van der Waals surface area contributed by atoms with E-state index in [4.69, 9.17) is 10.5 Å². The van der Waals surface area contributed by atoms with E-state index in [0.29, 0.717) is 23.4 Å². The third kappa shape index (κ3) is 4.66. The Balaban J connectivity index is 1.40. The molecular formula is C22H25N3O6S2. The van der Waals surface area contributed by atoms with Crippen LogP contribution in [-0.4, -0.2) is 49.7 Å². The molecule has 0 spiro atoms. The molecule has 33 heavy (non-hydrogen) atoms. The number of nitrogens with zero attached hydrogens (tertiary/aromatic N) is 1. The number of rotatable bonds is 7. The fourth-order valence-electron chi connectivity index (χ4n) is 4.26. The van der Waals surface area contributed by atoms with E-state index in [2.05, 4.69) is 5.32 Å². The maximum Gasteiger partial charge on any atom is 0.324 e. The summed E-state index contributed by atoms with van der Waals surface area (Å²) in [5.41, 5.74) is 7.61. The van der Waals surface area contributed by atoms with Crippen LogP contribution in [0.1, 0.15) is 45.6 Å². The molecule has 1 aliphatic carbocycles. The van der Waals surface area contributed by atoms with E-state index < -0.39 is 40.5 Å². The Morgan fingerprint density at radius 2 is 1.91 bits per heavy atom. The zero-order chi connectivity index (χ0) is 23.8. The highest BCUT2D eigenvalue weighted by atomic mass is 32.2. The van der Waals surface area contributed by atoms with Crippen molar-refractivity contribution >= 4 is 44.1 Å². The molecule has 1 saturated heterocycles. The first-order valence-electron chi connectivity index (χ1n) is 10.7. The highest BCUT2D eigenvalue weighted by Crippen LogP contribution is 2.38. The van der Waals surface area contributed by atoms with Crippen molar-refractivity contribution in [2.75, 3.05) is 18.5 Å². The van der Waals surface area contributed by atoms with Crippen LogP contribution >= 0.6 is 11.3 Å². The van der Waals surface area contributed by atoms with E-state index >= 15 is 0 Å². The zero-order valence-corrected chi connectivity index (χ0v) is 19.8. The number of esters is 1. The second-order valence-corrected chi connectivity index (χ2v) is 11.2. The van der Waals surface area contributed by atoms with E-state index in [0.717, 1.165) is 39.6 Å². The van der Waals surface area contributed by atoms with Crippen LogP contribution in [-0.2, 0) is 37.2 Å². The number of amides is 2. The number of hydrogen-bond donors (Lipinski definition) is 2. The minimum atomic E-state index is -3.87. The van der Waals surface area contributed by atoms with Gasteiger partial charge in [-0.15, -0.1) is 11.3 Å². The molecule has 4 rings (SSSR count). The normalized spacial score (nSPS) is 18.2. The van der Waals surface area contributed by atoms with Gasteiger partial charge in [0.05, 0.1) is 10.5 Å². The summed E-state index contributed by atoms with van der Waals surface area (Å²) in [6.45, 7) is 1.47. The summed E-state index contributed by atoms with van der Waals surface area (Å²) in [4.78, 5) is 38.0. The van der Waals surface area contributed by atoms with Crippen molar-refractivity contribution in [1.82, 2.24) is 4.31 Å². The predicted molar refractivity (Wildman–Crippen MR) is 123 cm³/mol. The second kappa shape index (κ2) is 9.24. The fourth-order valence-corrected chi connectivity index (χ4v) is 7.22. The van der Waals surface area contributed by atoms with E-state index in [1.807, 2.05) is 6.92 Å². The largest absolute Gasteiger partial charge is 0.454 e. The summed E-state index contributed by atoms with van der Waals surface area (Å²) in [5.74, 6) is -2.00. The summed E-state index contributed by atoms with van der Waals surface area (Å²) in [5, 5.41) is 2.97. The number of carbonyl (C=O) groups excluding carboxylic acids is 3. The second-order valence-electron chi connectivity index (χ2n) is 8.17. The SMILES string of the molecule is Cc1ccc(S(=O)(=O)N2CCCC2C(=O)OCC(=O)Nc2sc3c(c2C(N)=O)CCC3)cc1. The van der Waals surface area contributed by atoms with Crippen LogP contribution in [0.2, 0.25) is 0 Å². The first kappa shape index (κ1) is 23.4. The van der Waals surface area contributed by atoms with Gasteiger partial charge in [0, 0.05) is 11.4 Å². The molecule has 0 radical (unpaired) electrons. The molecule has 1 unspecified atom stereocenters. The summed E-state index contributed by atoms with van der Waals surface area (Å²) in [7, 11) is -3.87. The molecule has 3 N–H and O–H groups in total. The van der Waals surface area contributed by atoms with E-state index in [9.17, 15) is 22.8 Å². The van der Waals surface area contributed by atoms with Crippen LogP contribution < -0.4 is 11.1 Å². The van der Waals surface area contributed by atoms with Gasteiger partial charge in [0.1, 0.15) is 11.0 Å². The third-order valence-electron chi connectivity index (χ3n) is 5.87. The number of fused-ring (bicyclic) bond motifs is 1. The van der Waals surface area contributed by atoms with Crippen molar-refractivity contribution in [3.05, 3.63) is 45.8 Å². The quantitative estimate of drug-likeness (QED) is 0.569. The molecule has 2 aliphatic rings. The van der Waals surface area contributed by atoms with Crippen molar-refractivity contribution < 1.29 is 27.5 Å². The summed E-state index contributed by atoms with van der Waals surface area (Å²) in [6, 6.07) is 5.42. The van der Waals surface area contributed by atoms with Crippen LogP contribution in [0, 0.1) is 6.92 Å². The predicted octanol–water partition coefficient (Wildman–Crippen LogP) is 1.98. The Bertz CT molecular complexity index is 1200. The highest BCUT2D eigenvalue weighted by molar-refractivity contribution is 7.89. The van der Waals surface area contributed by atoms with Crippen molar-refractivity contribution in [2.45, 2.75) is 50.0 Å². The Morgan fingerprint density at radius 3 is 2.61 bits per heavy atom. The van der Waals surface area contributed by atoms with Crippen LogP contribution in [0.15, 0.2) is 29.2 Å². The minimum Gasteiger partial charge on any atom is -0.454 e. The van der Waals surface area contributed by atoms with Gasteiger partial charge in [0.15, 0.2) is 6.61 Å². The third-order valence-corrected chi connectivity index (χ3v) is 9.00. The van der Waals surface area contributed by atoms with Crippen molar-refractivity contribution in [3.8, 4) is 0 Å². The van der Waals surface area contributed by atoms with Crippen LogP contribution in [0.25, 0.3) is 0 Å². The molecular weight excluding hydrogens is 466 g/mol. The maximum absolute atomic E-state index is 13.0. The number of nitrogens with one attached hydrogen (secondary N) is 1. The summed E-state index contributed by atoms with van der Waals surface area (Å²) < 4.78 is 32.3. The highest BCUT2D eigenvalue weighted by Gasteiger charge is 2.40. The van der Waals surface area contributed by atoms with Crippen molar-refractivity contribution in [1.29, 1.82) is 0 Å². The Labute approximate surface area is 196 Å². The molecule has 0 bridgehead atoms. The van der Waals surface area contributed by atoms with Gasteiger partial charge in [0.2, 0.25) is 10.0 Å². The van der Waals surface area contributed by atoms with Crippen LogP contribution in [0.4, 0.5) is 5.00 Å². The zero-order valence-electron chi connectivity index (χ0n) is 18.1. The number of nitrogens with two attached hydrogens (primary N) is 1. The maximum atomic E-state index is 13.0. The van der Waals surface area contributed by atoms with Gasteiger partial charge in [-0.25, -0.2) is 8.42 Å². The molecule has 2 aromatic rings. The molecule has 11 heteroatoms. The minimum absolute atomic E-state index is 0.107. The summed E-state index contributed by atoms with van der Waals surface area (Å²) >= 11 is 1.31. The van der Waals surface area contributed by atoms with E-state index in [1.165, 1.54) is 23.5 Å². The number of benzene rings is 1. The molecule has 2 heterocycles. The van der Waals surface area contributed by atoms with Gasteiger partial charge < -0.3 is 15.8 Å². The molecule has 2 amide bonds. The fraction of sp³-hybridized carbons (Fsp3) is 0.409. The molecule has 1 aromatic carbocycles. The molecule has 176 valence electrons. The topological polar surface area (TPSA) is 136 Å². The molecule has 0 saturated carbocycles. The number of ether oxygens (including phenoxy) is 1. The number of aryl methyl sites for hydroxylation is 2. The van der Waals surface area contributed by atoms with Crippen molar-refractivity contribution in [2.24, 2.45) is 5.73 Å². The smallest absolute Gasteiger partial charge is 0.324 e. The first-order valence-corrected chi connectivity index (χ1v) is 12.9. The van der Waals surface area contributed by atoms with Gasteiger partial charge in [-0.1, -0.05) is 17.7 Å². The molecule has 1 fully saturated rings. The van der Waals surface area contributed by atoms with Crippen LogP contribution in [0.3, 0.4) is 0 Å². The number of primary amides is 1. The molecule has 1 atom stereocenters. The van der Waals surface area contributed by atoms with E-state index in [1.54, 1.807) is 12.1 Å². The molecule has 1 aliphatic heterocycles. The standard InChI is InChI=1S/C22H25N3O6S2/c1-13-7-9-14(10-8-13)33(29,30)25-11-3-5-16(25)22(28)31-12-18(26)24-21-19(20(23)27)15-4-2-6-17(15)32-21/h7-10,16H,2-6,11-12H2,1H3,(H2,23,27)(H,24,26). The van der Waals surface area contributed by atoms with Gasteiger partial charge in [-0.2, -0.15) is 4.31 Å². The lowest BCUT2D eigenvalue weighted by Crippen LogP contribution is -2.42. The number of sulfonamides is 1. The molecule has 1 aromatic heterocycles. The van der Waals surface area contributed by atoms with Gasteiger partial charge >= 0.3 is 5.97 Å². The number of carbonyl (C=O) groups is 3. The number of anilines is 1. The van der Waals surface area contributed by atoms with Gasteiger partial charge in [-0.3, -0.25) is 14.4 Å². The Hall–Kier alpha value is -2.76. The van der Waals surface area contributed by atoms with Crippen molar-refractivity contribution in [3.63, 3.8) is 0 Å². The number of thiophene rings is 1. The number of hydrogen-bond acceptors (Lipinski definition) is 7. The van der Waals surface area contributed by atoms with Crippen LogP contribution in [0.5, 0.6) is 0 Å². The Morgan fingerprint density at radius 1 is 1.18 bits per heavy atom.